The van der Waals surface area contributed by atoms with Crippen LogP contribution >= 0.6 is 0 Å². The maximum atomic E-state index is 13.0. The zero-order valence-corrected chi connectivity index (χ0v) is 26.9. The minimum absolute atomic E-state index is 0.253. The number of rotatable bonds is 10. The minimum atomic E-state index is -0.258. The Balaban J connectivity index is 1.14. The molecule has 46 heavy (non-hydrogen) atoms. The summed E-state index contributed by atoms with van der Waals surface area (Å²) in [5.41, 5.74) is 8.46. The summed E-state index contributed by atoms with van der Waals surface area (Å²) in [6.45, 7) is 8.07. The standard InChI is InChI=1S/C38H38B2O6/c1-23-17-29(43-21-39)9-13-33(23)35-15-11-31(19-25(35)3)45-37(41)27-5-7-28(8-6-27)38(42)46-32-12-16-36(26(4)20-32)34-14-10-30(44-22-40)18-24(34)2/h9-22,27-28,39-40H,5-8H2,1-4H3/t27-,28-. The number of carbonyl (C=O) groups excluding carboxylic acids is 2. The second-order valence-corrected chi connectivity index (χ2v) is 11.9. The topological polar surface area (TPSA) is 71.1 Å². The van der Waals surface area contributed by atoms with E-state index < -0.39 is 0 Å². The van der Waals surface area contributed by atoms with Crippen LogP contribution in [0.4, 0.5) is 0 Å². The molecule has 0 N–H and O–H groups in total. The average Bonchev–Trinajstić information content (AvgIpc) is 3.03. The molecule has 0 atom stereocenters. The number of esters is 2. The summed E-state index contributed by atoms with van der Waals surface area (Å²) in [5.74, 6) is 1.49. The van der Waals surface area contributed by atoms with E-state index in [9.17, 15) is 9.59 Å². The van der Waals surface area contributed by atoms with Gasteiger partial charge in [0.2, 0.25) is 0 Å². The van der Waals surface area contributed by atoms with Crippen LogP contribution < -0.4 is 18.9 Å². The SMILES string of the molecule is B=COc1ccc(-c2ccc(OC(=O)[C@H]3CC[C@H](C(=O)Oc4ccc(-c5ccc(OC=B)cc5C)c(C)c4)CC3)cc2C)c(C)c1. The van der Waals surface area contributed by atoms with Gasteiger partial charge in [0.1, 0.15) is 0 Å². The number of benzene rings is 4. The zero-order valence-electron chi connectivity index (χ0n) is 26.9. The molecular formula is C38H38B2O6. The Morgan fingerprint density at radius 3 is 1.09 bits per heavy atom. The van der Waals surface area contributed by atoms with Crippen LogP contribution in [0.15, 0.2) is 72.8 Å². The predicted octanol–water partition coefficient (Wildman–Crippen LogP) is 6.65. The number of hydrogen-bond acceptors (Lipinski definition) is 6. The molecule has 0 saturated heterocycles. The van der Waals surface area contributed by atoms with Gasteiger partial charge in [-0.05, 0) is 25.7 Å². The van der Waals surface area contributed by atoms with Crippen molar-refractivity contribution in [2.24, 2.45) is 11.8 Å². The number of ether oxygens (including phenoxy) is 4. The normalized spacial score (nSPS) is 15.8. The molecule has 0 radical (unpaired) electrons. The number of carbonyl (C=O) groups is 2. The molecule has 0 aromatic heterocycles. The van der Waals surface area contributed by atoms with Crippen LogP contribution in [0, 0.1) is 39.5 Å². The van der Waals surface area contributed by atoms with Crippen molar-refractivity contribution >= 4 is 39.2 Å². The van der Waals surface area contributed by atoms with Crippen LogP contribution in [0.2, 0.25) is 0 Å². The van der Waals surface area contributed by atoms with Gasteiger partial charge in [-0.3, -0.25) is 9.59 Å². The van der Waals surface area contributed by atoms with Gasteiger partial charge in [0, 0.05) is 0 Å². The van der Waals surface area contributed by atoms with E-state index >= 15 is 0 Å². The second-order valence-electron chi connectivity index (χ2n) is 11.9. The third kappa shape index (κ3) is 7.56. The van der Waals surface area contributed by atoms with Gasteiger partial charge in [-0.1, -0.05) is 0 Å². The van der Waals surface area contributed by atoms with Crippen molar-refractivity contribution in [1.29, 1.82) is 0 Å². The maximum absolute atomic E-state index is 13.0. The molecule has 8 heteroatoms. The van der Waals surface area contributed by atoms with E-state index in [1.165, 1.54) is 12.3 Å². The first-order chi connectivity index (χ1) is 22.2. The van der Waals surface area contributed by atoms with Gasteiger partial charge in [0.15, 0.2) is 0 Å². The Morgan fingerprint density at radius 2 is 0.804 bits per heavy atom. The summed E-state index contributed by atoms with van der Waals surface area (Å²) >= 11 is 0. The van der Waals surface area contributed by atoms with Crippen molar-refractivity contribution < 1.29 is 28.5 Å². The van der Waals surface area contributed by atoms with Crippen molar-refractivity contribution in [3.8, 4) is 45.3 Å². The van der Waals surface area contributed by atoms with Gasteiger partial charge in [-0.25, -0.2) is 0 Å². The van der Waals surface area contributed by atoms with Crippen LogP contribution in [0.1, 0.15) is 47.9 Å². The van der Waals surface area contributed by atoms with Gasteiger partial charge >= 0.3 is 226 Å². The van der Waals surface area contributed by atoms with Gasteiger partial charge in [-0.2, -0.15) is 0 Å². The van der Waals surface area contributed by atoms with Crippen molar-refractivity contribution in [2.75, 3.05) is 0 Å². The molecule has 1 aliphatic rings. The average molecular weight is 612 g/mol. The van der Waals surface area contributed by atoms with Gasteiger partial charge < -0.3 is 0 Å². The first-order valence-electron chi connectivity index (χ1n) is 15.6. The summed E-state index contributed by atoms with van der Waals surface area (Å²) in [6.07, 6.45) is 5.14. The Bertz CT molecular complexity index is 1660. The zero-order chi connectivity index (χ0) is 32.8. The van der Waals surface area contributed by atoms with Gasteiger partial charge in [-0.15, -0.1) is 0 Å². The molecule has 1 saturated carbocycles. The van der Waals surface area contributed by atoms with Crippen LogP contribution in [0.25, 0.3) is 22.3 Å². The van der Waals surface area contributed by atoms with Crippen molar-refractivity contribution in [3.05, 3.63) is 95.1 Å². The molecule has 232 valence electrons. The van der Waals surface area contributed by atoms with E-state index in [1.54, 1.807) is 0 Å². The quantitative estimate of drug-likeness (QED) is 0.114. The van der Waals surface area contributed by atoms with Crippen LogP contribution in [-0.4, -0.2) is 39.2 Å². The molecule has 1 aliphatic carbocycles. The van der Waals surface area contributed by atoms with E-state index in [-0.39, 0.29) is 23.8 Å². The summed E-state index contributed by atoms with van der Waals surface area (Å²) in [7, 11) is 7.21. The number of aryl methyl sites for hydroxylation is 4. The van der Waals surface area contributed by atoms with Gasteiger partial charge in [0.25, 0.3) is 0 Å². The third-order valence-corrected chi connectivity index (χ3v) is 8.64. The fraction of sp³-hybridized carbons (Fsp3) is 0.263. The Labute approximate surface area is 272 Å². The molecule has 0 unspecified atom stereocenters. The summed E-state index contributed by atoms with van der Waals surface area (Å²) < 4.78 is 22.3. The summed E-state index contributed by atoms with van der Waals surface area (Å²) in [5, 5.41) is 0. The molecule has 4 aromatic rings. The molecule has 0 aliphatic heterocycles. The molecule has 0 bridgehead atoms. The predicted molar refractivity (Wildman–Crippen MR) is 187 cm³/mol. The first-order valence-corrected chi connectivity index (χ1v) is 15.6. The molecule has 4 aromatic carbocycles. The van der Waals surface area contributed by atoms with Crippen LogP contribution in [0.3, 0.4) is 0 Å². The van der Waals surface area contributed by atoms with Crippen molar-refractivity contribution in [1.82, 2.24) is 0 Å². The molecular weight excluding hydrogens is 574 g/mol. The first kappa shape index (κ1) is 32.7. The van der Waals surface area contributed by atoms with E-state index in [4.69, 9.17) is 18.9 Å². The molecule has 6 nitrogen and oxygen atoms in total. The fourth-order valence-electron chi connectivity index (χ4n) is 6.18. The van der Waals surface area contributed by atoms with E-state index in [1.807, 2.05) is 100 Å². The Kier molecular flexibility index (Phi) is 10.4. The number of hydrogen-bond donors (Lipinski definition) is 0. The van der Waals surface area contributed by atoms with Crippen molar-refractivity contribution in [2.45, 2.75) is 53.4 Å². The summed E-state index contributed by atoms with van der Waals surface area (Å²) in [4.78, 5) is 26.1. The monoisotopic (exact) mass is 612 g/mol. The summed E-state index contributed by atoms with van der Waals surface area (Å²) in [6, 6.07) is 23.2. The van der Waals surface area contributed by atoms with E-state index in [0.29, 0.717) is 37.2 Å². The van der Waals surface area contributed by atoms with Crippen molar-refractivity contribution in [3.63, 3.8) is 0 Å². The molecule has 0 amide bonds. The van der Waals surface area contributed by atoms with E-state index in [0.717, 1.165) is 56.0 Å². The van der Waals surface area contributed by atoms with E-state index in [2.05, 4.69) is 15.0 Å². The molecule has 5 rings (SSSR count). The molecule has 0 spiro atoms. The third-order valence-electron chi connectivity index (χ3n) is 8.64. The molecule has 1 fully saturated rings. The Morgan fingerprint density at radius 1 is 0.522 bits per heavy atom. The fourth-order valence-corrected chi connectivity index (χ4v) is 6.18. The molecule has 0 heterocycles. The van der Waals surface area contributed by atoms with Crippen LogP contribution in [-0.2, 0) is 9.59 Å². The second kappa shape index (κ2) is 14.6. The van der Waals surface area contributed by atoms with Crippen LogP contribution in [0.5, 0.6) is 23.0 Å². The van der Waals surface area contributed by atoms with Gasteiger partial charge in [0.05, 0.1) is 11.8 Å². The Hall–Kier alpha value is -4.71.